The zero-order chi connectivity index (χ0) is 17.5. The van der Waals surface area contributed by atoms with Crippen LogP contribution in [0.15, 0.2) is 12.4 Å². The van der Waals surface area contributed by atoms with Crippen LogP contribution in [0, 0.1) is 0 Å². The van der Waals surface area contributed by atoms with E-state index in [1.165, 1.54) is 19.3 Å². The molecule has 0 radical (unpaired) electrons. The van der Waals surface area contributed by atoms with Gasteiger partial charge in [-0.15, -0.1) is 5.10 Å². The van der Waals surface area contributed by atoms with Crippen molar-refractivity contribution in [1.29, 1.82) is 0 Å². The van der Waals surface area contributed by atoms with Gasteiger partial charge in [0.1, 0.15) is 0 Å². The first-order valence-corrected chi connectivity index (χ1v) is 9.01. The molecule has 24 heavy (non-hydrogen) atoms. The Hall–Kier alpha value is -1.92. The SMILES string of the molecule is O=C(O)CCCCCCCCCCNC(=O)CCCn1ccnn1. The van der Waals surface area contributed by atoms with Gasteiger partial charge in [-0.3, -0.25) is 14.3 Å². The quantitative estimate of drug-likeness (QED) is 0.479. The Morgan fingerprint density at radius 2 is 1.58 bits per heavy atom. The second-order valence-electron chi connectivity index (χ2n) is 6.09. The van der Waals surface area contributed by atoms with Crippen LogP contribution in [0.5, 0.6) is 0 Å². The minimum absolute atomic E-state index is 0.105. The number of aromatic nitrogens is 3. The summed E-state index contributed by atoms with van der Waals surface area (Å²) in [4.78, 5) is 22.0. The van der Waals surface area contributed by atoms with Gasteiger partial charge in [0.2, 0.25) is 5.91 Å². The van der Waals surface area contributed by atoms with Gasteiger partial charge in [0.25, 0.3) is 0 Å². The van der Waals surface area contributed by atoms with Crippen LogP contribution in [0.3, 0.4) is 0 Å². The minimum atomic E-state index is -0.699. The van der Waals surface area contributed by atoms with Crippen LogP contribution in [0.1, 0.15) is 70.6 Å². The molecule has 7 nitrogen and oxygen atoms in total. The number of carboxylic acid groups (broad SMARTS) is 1. The molecular formula is C17H30N4O3. The summed E-state index contributed by atoms with van der Waals surface area (Å²) >= 11 is 0. The summed E-state index contributed by atoms with van der Waals surface area (Å²) in [6, 6.07) is 0. The normalized spacial score (nSPS) is 10.7. The smallest absolute Gasteiger partial charge is 0.303 e. The van der Waals surface area contributed by atoms with Crippen LogP contribution in [0.4, 0.5) is 0 Å². The fraction of sp³-hybridized carbons (Fsp3) is 0.765. The van der Waals surface area contributed by atoms with E-state index in [1.54, 1.807) is 17.1 Å². The fourth-order valence-electron chi connectivity index (χ4n) is 2.53. The van der Waals surface area contributed by atoms with E-state index in [9.17, 15) is 9.59 Å². The van der Waals surface area contributed by atoms with Crippen molar-refractivity contribution < 1.29 is 14.7 Å². The average molecular weight is 338 g/mol. The second kappa shape index (κ2) is 13.5. The van der Waals surface area contributed by atoms with Crippen molar-refractivity contribution in [3.05, 3.63) is 12.4 Å². The summed E-state index contributed by atoms with van der Waals surface area (Å²) in [7, 11) is 0. The standard InChI is InChI=1S/C17H30N4O3/c22-16(10-9-14-21-15-13-19-20-21)18-12-8-6-4-2-1-3-5-7-11-17(23)24/h13,15H,1-12,14H2,(H,18,22)(H,23,24). The van der Waals surface area contributed by atoms with Gasteiger partial charge < -0.3 is 10.4 Å². The van der Waals surface area contributed by atoms with Crippen molar-refractivity contribution in [2.45, 2.75) is 77.2 Å². The number of nitrogens with one attached hydrogen (secondary N) is 1. The maximum atomic E-state index is 11.7. The molecule has 0 saturated carbocycles. The van der Waals surface area contributed by atoms with Gasteiger partial charge in [0.15, 0.2) is 0 Å². The topological polar surface area (TPSA) is 97.1 Å². The number of aliphatic carboxylic acids is 1. The summed E-state index contributed by atoms with van der Waals surface area (Å²) < 4.78 is 1.73. The Bertz CT molecular complexity index is 449. The molecule has 0 aliphatic rings. The summed E-state index contributed by atoms with van der Waals surface area (Å²) in [5.41, 5.74) is 0. The Labute approximate surface area is 143 Å². The summed E-state index contributed by atoms with van der Waals surface area (Å²) in [6.45, 7) is 1.47. The van der Waals surface area contributed by atoms with E-state index in [4.69, 9.17) is 5.11 Å². The van der Waals surface area contributed by atoms with Crippen molar-refractivity contribution in [2.75, 3.05) is 6.54 Å². The lowest BCUT2D eigenvalue weighted by atomic mass is 10.1. The van der Waals surface area contributed by atoms with Crippen molar-refractivity contribution in [3.63, 3.8) is 0 Å². The molecule has 0 fully saturated rings. The van der Waals surface area contributed by atoms with E-state index >= 15 is 0 Å². The van der Waals surface area contributed by atoms with Crippen molar-refractivity contribution in [1.82, 2.24) is 20.3 Å². The highest BCUT2D eigenvalue weighted by atomic mass is 16.4. The molecule has 1 aromatic rings. The highest BCUT2D eigenvalue weighted by Crippen LogP contribution is 2.09. The second-order valence-corrected chi connectivity index (χ2v) is 6.09. The number of carbonyl (C=O) groups is 2. The van der Waals surface area contributed by atoms with E-state index in [1.807, 2.05) is 0 Å². The zero-order valence-corrected chi connectivity index (χ0v) is 14.5. The molecule has 1 heterocycles. The first-order valence-electron chi connectivity index (χ1n) is 9.01. The van der Waals surface area contributed by atoms with E-state index in [-0.39, 0.29) is 5.91 Å². The van der Waals surface area contributed by atoms with E-state index in [2.05, 4.69) is 15.6 Å². The molecular weight excluding hydrogens is 308 g/mol. The lowest BCUT2D eigenvalue weighted by Gasteiger charge is -2.05. The monoisotopic (exact) mass is 338 g/mol. The molecule has 0 unspecified atom stereocenters. The number of hydrogen-bond acceptors (Lipinski definition) is 4. The Morgan fingerprint density at radius 3 is 2.21 bits per heavy atom. The van der Waals surface area contributed by atoms with Crippen LogP contribution in [0.25, 0.3) is 0 Å². The largest absolute Gasteiger partial charge is 0.481 e. The molecule has 1 aromatic heterocycles. The third kappa shape index (κ3) is 11.6. The number of carboxylic acids is 1. The zero-order valence-electron chi connectivity index (χ0n) is 14.5. The van der Waals surface area contributed by atoms with Gasteiger partial charge in [-0.2, -0.15) is 0 Å². The molecule has 7 heteroatoms. The first-order chi connectivity index (χ1) is 11.7. The predicted molar refractivity (Wildman–Crippen MR) is 91.5 cm³/mol. The Morgan fingerprint density at radius 1 is 0.917 bits per heavy atom. The van der Waals surface area contributed by atoms with Gasteiger partial charge in [-0.25, -0.2) is 0 Å². The van der Waals surface area contributed by atoms with Crippen molar-refractivity contribution in [2.24, 2.45) is 0 Å². The van der Waals surface area contributed by atoms with Crippen LogP contribution in [0.2, 0.25) is 0 Å². The highest BCUT2D eigenvalue weighted by Gasteiger charge is 2.01. The molecule has 0 bridgehead atoms. The van der Waals surface area contributed by atoms with Gasteiger partial charge in [0, 0.05) is 32.1 Å². The summed E-state index contributed by atoms with van der Waals surface area (Å²) in [5, 5.41) is 19.1. The van der Waals surface area contributed by atoms with E-state index in [0.717, 1.165) is 51.6 Å². The number of aryl methyl sites for hydroxylation is 1. The molecule has 0 aliphatic heterocycles. The van der Waals surface area contributed by atoms with Crippen LogP contribution in [-0.4, -0.2) is 38.5 Å². The van der Waals surface area contributed by atoms with Gasteiger partial charge >= 0.3 is 5.97 Å². The number of carbonyl (C=O) groups excluding carboxylic acids is 1. The lowest BCUT2D eigenvalue weighted by Crippen LogP contribution is -2.24. The summed E-state index contributed by atoms with van der Waals surface area (Å²) in [5.74, 6) is -0.594. The molecule has 1 amide bonds. The average Bonchev–Trinajstić information content (AvgIpc) is 3.05. The molecule has 0 atom stereocenters. The lowest BCUT2D eigenvalue weighted by molar-refractivity contribution is -0.137. The fourth-order valence-corrected chi connectivity index (χ4v) is 2.53. The number of unbranched alkanes of at least 4 members (excludes halogenated alkanes) is 7. The number of nitrogens with zero attached hydrogens (tertiary/aromatic N) is 3. The van der Waals surface area contributed by atoms with Crippen LogP contribution >= 0.6 is 0 Å². The van der Waals surface area contributed by atoms with E-state index in [0.29, 0.717) is 12.8 Å². The van der Waals surface area contributed by atoms with Gasteiger partial charge in [-0.05, 0) is 19.3 Å². The van der Waals surface area contributed by atoms with Crippen LogP contribution < -0.4 is 5.32 Å². The van der Waals surface area contributed by atoms with Crippen molar-refractivity contribution in [3.8, 4) is 0 Å². The van der Waals surface area contributed by atoms with Crippen molar-refractivity contribution >= 4 is 11.9 Å². The van der Waals surface area contributed by atoms with E-state index < -0.39 is 5.97 Å². The molecule has 0 aliphatic carbocycles. The predicted octanol–water partition coefficient (Wildman–Crippen LogP) is 2.77. The maximum absolute atomic E-state index is 11.7. The number of rotatable bonds is 15. The molecule has 0 aromatic carbocycles. The van der Waals surface area contributed by atoms with Gasteiger partial charge in [0.05, 0.1) is 6.20 Å². The molecule has 136 valence electrons. The minimum Gasteiger partial charge on any atom is -0.481 e. The number of amides is 1. The maximum Gasteiger partial charge on any atom is 0.303 e. The highest BCUT2D eigenvalue weighted by molar-refractivity contribution is 5.75. The van der Waals surface area contributed by atoms with Crippen LogP contribution in [-0.2, 0) is 16.1 Å². The third-order valence-corrected chi connectivity index (χ3v) is 3.90. The Kier molecular flexibility index (Phi) is 11.3. The molecule has 0 saturated heterocycles. The molecule has 1 rings (SSSR count). The number of hydrogen-bond donors (Lipinski definition) is 2. The third-order valence-electron chi connectivity index (χ3n) is 3.90. The molecule has 2 N–H and O–H groups in total. The van der Waals surface area contributed by atoms with Gasteiger partial charge in [-0.1, -0.05) is 43.7 Å². The molecule has 0 spiro atoms. The summed E-state index contributed by atoms with van der Waals surface area (Å²) in [6.07, 6.45) is 13.6. The Balaban J connectivity index is 1.79. The first kappa shape index (κ1) is 20.1.